The zero-order valence-electron chi connectivity index (χ0n) is 9.96. The second kappa shape index (κ2) is 4.21. The van der Waals surface area contributed by atoms with E-state index < -0.39 is 0 Å². The van der Waals surface area contributed by atoms with E-state index in [1.54, 1.807) is 4.90 Å². The average Bonchev–Trinajstić information content (AvgIpc) is 2.11. The number of hydrogen-bond donors (Lipinski definition) is 1. The van der Waals surface area contributed by atoms with Crippen molar-refractivity contribution in [1.29, 1.82) is 0 Å². The molecular weight excluding hydrogens is 192 g/mol. The van der Waals surface area contributed by atoms with Crippen LogP contribution in [0.1, 0.15) is 40.5 Å². The number of rotatable bonds is 3. The molecule has 1 rings (SSSR count). The smallest absolute Gasteiger partial charge is 0.319 e. The molecule has 0 spiro atoms. The van der Waals surface area contributed by atoms with Crippen LogP contribution in [0.3, 0.4) is 0 Å². The molecule has 1 saturated heterocycles. The van der Waals surface area contributed by atoms with Gasteiger partial charge in [0.15, 0.2) is 0 Å². The number of amides is 3. The SMILES string of the molecule is CCCC(C)(C)N1CC(C)C(=O)NC1=O. The van der Waals surface area contributed by atoms with Crippen LogP contribution in [-0.2, 0) is 4.79 Å². The molecule has 3 amide bonds. The van der Waals surface area contributed by atoms with E-state index in [9.17, 15) is 9.59 Å². The fourth-order valence-corrected chi connectivity index (χ4v) is 2.00. The van der Waals surface area contributed by atoms with Crippen molar-refractivity contribution in [2.75, 3.05) is 6.54 Å². The molecule has 1 unspecified atom stereocenters. The van der Waals surface area contributed by atoms with Gasteiger partial charge in [0.2, 0.25) is 5.91 Å². The fraction of sp³-hybridized carbons (Fsp3) is 0.818. The molecule has 4 heteroatoms. The summed E-state index contributed by atoms with van der Waals surface area (Å²) in [5, 5.41) is 2.39. The van der Waals surface area contributed by atoms with Crippen molar-refractivity contribution in [3.8, 4) is 0 Å². The minimum absolute atomic E-state index is 0.112. The Hall–Kier alpha value is -1.06. The molecule has 1 aliphatic heterocycles. The zero-order valence-corrected chi connectivity index (χ0v) is 9.96. The molecule has 4 nitrogen and oxygen atoms in total. The highest BCUT2D eigenvalue weighted by Crippen LogP contribution is 2.24. The van der Waals surface area contributed by atoms with Gasteiger partial charge in [-0.25, -0.2) is 4.79 Å². The molecule has 0 aliphatic carbocycles. The summed E-state index contributed by atoms with van der Waals surface area (Å²) in [4.78, 5) is 24.7. The Morgan fingerprint density at radius 3 is 2.60 bits per heavy atom. The van der Waals surface area contributed by atoms with Crippen molar-refractivity contribution in [2.45, 2.75) is 46.1 Å². The minimum Gasteiger partial charge on any atom is -0.319 e. The highest BCUT2D eigenvalue weighted by atomic mass is 16.2. The Labute approximate surface area is 91.0 Å². The predicted octanol–water partition coefficient (Wildman–Crippen LogP) is 1.75. The van der Waals surface area contributed by atoms with Crippen LogP contribution in [0.2, 0.25) is 0 Å². The van der Waals surface area contributed by atoms with Crippen LogP contribution in [0.15, 0.2) is 0 Å². The first-order valence-corrected chi connectivity index (χ1v) is 5.51. The van der Waals surface area contributed by atoms with Crippen LogP contribution >= 0.6 is 0 Å². The van der Waals surface area contributed by atoms with Crippen LogP contribution in [0.4, 0.5) is 4.79 Å². The molecule has 1 fully saturated rings. The molecule has 1 aliphatic rings. The summed E-state index contributed by atoms with van der Waals surface area (Å²) in [7, 11) is 0. The van der Waals surface area contributed by atoms with Crippen molar-refractivity contribution in [2.24, 2.45) is 5.92 Å². The topological polar surface area (TPSA) is 49.4 Å². The van der Waals surface area contributed by atoms with E-state index in [-0.39, 0.29) is 23.4 Å². The van der Waals surface area contributed by atoms with Crippen LogP contribution in [0.5, 0.6) is 0 Å². The Balaban J connectivity index is 2.77. The summed E-state index contributed by atoms with van der Waals surface area (Å²) < 4.78 is 0. The highest BCUT2D eigenvalue weighted by molar-refractivity contribution is 5.98. The first-order chi connectivity index (χ1) is 6.88. The maximum atomic E-state index is 11.7. The molecule has 0 radical (unpaired) electrons. The second-order valence-electron chi connectivity index (χ2n) is 4.87. The van der Waals surface area contributed by atoms with E-state index in [0.29, 0.717) is 6.54 Å². The molecule has 86 valence electrons. The van der Waals surface area contributed by atoms with E-state index in [2.05, 4.69) is 12.2 Å². The number of imide groups is 1. The lowest BCUT2D eigenvalue weighted by Gasteiger charge is -2.42. The van der Waals surface area contributed by atoms with Crippen molar-refractivity contribution >= 4 is 11.9 Å². The van der Waals surface area contributed by atoms with Gasteiger partial charge in [-0.3, -0.25) is 10.1 Å². The van der Waals surface area contributed by atoms with Gasteiger partial charge in [0.25, 0.3) is 0 Å². The summed E-state index contributed by atoms with van der Waals surface area (Å²) >= 11 is 0. The Kier molecular flexibility index (Phi) is 3.37. The van der Waals surface area contributed by atoms with Gasteiger partial charge in [-0.15, -0.1) is 0 Å². The van der Waals surface area contributed by atoms with Gasteiger partial charge >= 0.3 is 6.03 Å². The van der Waals surface area contributed by atoms with Crippen molar-refractivity contribution < 1.29 is 9.59 Å². The van der Waals surface area contributed by atoms with E-state index in [1.165, 1.54) is 0 Å². The van der Waals surface area contributed by atoms with E-state index in [1.807, 2.05) is 20.8 Å². The molecule has 1 N–H and O–H groups in total. The molecule has 0 aromatic carbocycles. The summed E-state index contributed by atoms with van der Waals surface area (Å²) in [6, 6.07) is -0.253. The quantitative estimate of drug-likeness (QED) is 0.774. The van der Waals surface area contributed by atoms with Gasteiger partial charge in [0, 0.05) is 12.1 Å². The summed E-state index contributed by atoms with van der Waals surface area (Å²) in [6.07, 6.45) is 1.97. The van der Waals surface area contributed by atoms with Gasteiger partial charge in [-0.1, -0.05) is 20.3 Å². The lowest BCUT2D eigenvalue weighted by atomic mass is 9.94. The van der Waals surface area contributed by atoms with Crippen LogP contribution < -0.4 is 5.32 Å². The molecule has 1 heterocycles. The molecule has 0 aromatic rings. The van der Waals surface area contributed by atoms with E-state index in [4.69, 9.17) is 0 Å². The lowest BCUT2D eigenvalue weighted by Crippen LogP contribution is -2.60. The number of hydrogen-bond acceptors (Lipinski definition) is 2. The third kappa shape index (κ3) is 2.49. The molecule has 0 saturated carbocycles. The maximum Gasteiger partial charge on any atom is 0.324 e. The average molecular weight is 212 g/mol. The Bertz CT molecular complexity index is 274. The standard InChI is InChI=1S/C11H20N2O2/c1-5-6-11(3,4)13-7-8(2)9(14)12-10(13)15/h8H,5-7H2,1-4H3,(H,12,14,15). The van der Waals surface area contributed by atoms with Gasteiger partial charge in [-0.2, -0.15) is 0 Å². The molecule has 15 heavy (non-hydrogen) atoms. The molecular formula is C11H20N2O2. The molecule has 0 bridgehead atoms. The van der Waals surface area contributed by atoms with E-state index >= 15 is 0 Å². The summed E-state index contributed by atoms with van der Waals surface area (Å²) in [6.45, 7) is 8.55. The van der Waals surface area contributed by atoms with Gasteiger partial charge in [-0.05, 0) is 20.3 Å². The van der Waals surface area contributed by atoms with Crippen molar-refractivity contribution in [3.63, 3.8) is 0 Å². The minimum atomic E-state index is -0.253. The number of carbonyl (C=O) groups is 2. The van der Waals surface area contributed by atoms with Crippen LogP contribution in [0.25, 0.3) is 0 Å². The Morgan fingerprint density at radius 2 is 2.07 bits per heavy atom. The van der Waals surface area contributed by atoms with Crippen LogP contribution in [0, 0.1) is 5.92 Å². The van der Waals surface area contributed by atoms with E-state index in [0.717, 1.165) is 12.8 Å². The van der Waals surface area contributed by atoms with Crippen LogP contribution in [-0.4, -0.2) is 28.9 Å². The third-order valence-electron chi connectivity index (χ3n) is 2.97. The number of urea groups is 1. The van der Waals surface area contributed by atoms with Crippen molar-refractivity contribution in [1.82, 2.24) is 10.2 Å². The maximum absolute atomic E-state index is 11.7. The fourth-order valence-electron chi connectivity index (χ4n) is 2.00. The second-order valence-corrected chi connectivity index (χ2v) is 4.87. The number of carbonyl (C=O) groups excluding carboxylic acids is 2. The first-order valence-electron chi connectivity index (χ1n) is 5.51. The number of nitrogens with zero attached hydrogens (tertiary/aromatic N) is 1. The van der Waals surface area contributed by atoms with Crippen molar-refractivity contribution in [3.05, 3.63) is 0 Å². The third-order valence-corrected chi connectivity index (χ3v) is 2.97. The lowest BCUT2D eigenvalue weighted by molar-refractivity contribution is -0.126. The van der Waals surface area contributed by atoms with Gasteiger partial charge in [0.05, 0.1) is 5.92 Å². The highest BCUT2D eigenvalue weighted by Gasteiger charge is 2.37. The zero-order chi connectivity index (χ0) is 11.6. The number of nitrogens with one attached hydrogen (secondary N) is 1. The van der Waals surface area contributed by atoms with Gasteiger partial charge in [0.1, 0.15) is 0 Å². The molecule has 1 atom stereocenters. The normalized spacial score (nSPS) is 22.9. The molecule has 0 aromatic heterocycles. The monoisotopic (exact) mass is 212 g/mol. The predicted molar refractivity (Wildman–Crippen MR) is 58.4 cm³/mol. The Morgan fingerprint density at radius 1 is 1.47 bits per heavy atom. The summed E-state index contributed by atoms with van der Waals surface area (Å²) in [5.41, 5.74) is -0.173. The largest absolute Gasteiger partial charge is 0.324 e. The van der Waals surface area contributed by atoms with Gasteiger partial charge < -0.3 is 4.90 Å². The first kappa shape index (κ1) is 12.0. The summed E-state index contributed by atoms with van der Waals surface area (Å²) in [5.74, 6) is -0.276.